The molecule has 1 atom stereocenters. The molecule has 3 rings (SSSR count). The molecule has 1 aliphatic rings. The first kappa shape index (κ1) is 14.5. The minimum absolute atomic E-state index is 0.0124. The van der Waals surface area contributed by atoms with Gasteiger partial charge in [-0.15, -0.1) is 4.09 Å². The van der Waals surface area contributed by atoms with Crippen LogP contribution in [0.5, 0.6) is 0 Å². The van der Waals surface area contributed by atoms with Crippen LogP contribution >= 0.6 is 11.6 Å². The van der Waals surface area contributed by atoms with E-state index < -0.39 is 10.0 Å². The summed E-state index contributed by atoms with van der Waals surface area (Å²) in [4.78, 5) is 10.3. The largest absolute Gasteiger partial charge is 0.377 e. The molecular weight excluding hydrogens is 318 g/mol. The van der Waals surface area contributed by atoms with E-state index in [1.54, 1.807) is 0 Å². The molecule has 0 aliphatic carbocycles. The molecule has 1 fully saturated rings. The zero-order chi connectivity index (χ0) is 15.2. The Balaban J connectivity index is 2.22. The van der Waals surface area contributed by atoms with Gasteiger partial charge in [-0.1, -0.05) is 0 Å². The number of morpholine rings is 1. The second-order valence-corrected chi connectivity index (χ2v) is 7.07. The zero-order valence-electron chi connectivity index (χ0n) is 11.5. The first-order valence-corrected chi connectivity index (χ1v) is 8.57. The number of hydrogen-bond donors (Lipinski definition) is 0. The van der Waals surface area contributed by atoms with Crippen LogP contribution in [-0.4, -0.2) is 59.6 Å². The molecule has 1 aliphatic heterocycles. The summed E-state index contributed by atoms with van der Waals surface area (Å²) >= 11 is 5.95. The molecule has 114 valence electrons. The van der Waals surface area contributed by atoms with Crippen LogP contribution in [0, 0.1) is 0 Å². The van der Waals surface area contributed by atoms with Gasteiger partial charge >= 0.3 is 0 Å². The van der Waals surface area contributed by atoms with Gasteiger partial charge in [0, 0.05) is 6.54 Å². The number of anilines is 1. The van der Waals surface area contributed by atoms with Gasteiger partial charge in [-0.2, -0.15) is 15.1 Å². The van der Waals surface area contributed by atoms with E-state index in [0.29, 0.717) is 31.0 Å². The number of rotatable bonds is 2. The molecule has 0 spiro atoms. The third-order valence-corrected chi connectivity index (χ3v) is 4.37. The Morgan fingerprint density at radius 1 is 1.43 bits per heavy atom. The molecule has 1 saturated heterocycles. The Kier molecular flexibility index (Phi) is 3.50. The van der Waals surface area contributed by atoms with E-state index in [1.807, 2.05) is 11.8 Å². The quantitative estimate of drug-likeness (QED) is 0.741. The molecule has 0 radical (unpaired) electrons. The van der Waals surface area contributed by atoms with Crippen molar-refractivity contribution in [1.82, 2.24) is 19.2 Å². The zero-order valence-corrected chi connectivity index (χ0v) is 13.1. The first-order chi connectivity index (χ1) is 9.88. The standard InChI is InChI=1S/C11H14ClN5O3S/c1-7-6-20-4-3-16(7)9-8-5-13-17(21(2,18)19)10(8)15-11(12)14-9/h5,7H,3-4,6H2,1-2H3. The summed E-state index contributed by atoms with van der Waals surface area (Å²) in [5.74, 6) is 0.579. The van der Waals surface area contributed by atoms with Crippen LogP contribution in [0.2, 0.25) is 5.28 Å². The van der Waals surface area contributed by atoms with Gasteiger partial charge in [-0.05, 0) is 18.5 Å². The van der Waals surface area contributed by atoms with Gasteiger partial charge in [0.05, 0.1) is 37.1 Å². The number of fused-ring (bicyclic) bond motifs is 1. The lowest BCUT2D eigenvalue weighted by atomic mass is 10.2. The van der Waals surface area contributed by atoms with E-state index in [4.69, 9.17) is 16.3 Å². The normalized spacial score (nSPS) is 20.1. The van der Waals surface area contributed by atoms with E-state index in [9.17, 15) is 8.42 Å². The molecule has 10 heteroatoms. The SMILES string of the molecule is CC1COCCN1c1nc(Cl)nc2c1cnn2S(C)(=O)=O. The smallest absolute Gasteiger partial charge is 0.252 e. The molecule has 2 aromatic rings. The molecule has 0 bridgehead atoms. The lowest BCUT2D eigenvalue weighted by Gasteiger charge is -2.34. The van der Waals surface area contributed by atoms with E-state index in [0.717, 1.165) is 10.3 Å². The third-order valence-electron chi connectivity index (χ3n) is 3.30. The minimum atomic E-state index is -3.55. The molecule has 0 N–H and O–H groups in total. The number of halogens is 1. The summed E-state index contributed by atoms with van der Waals surface area (Å²) in [5, 5.41) is 4.44. The monoisotopic (exact) mass is 331 g/mol. The van der Waals surface area contributed by atoms with Gasteiger partial charge in [-0.25, -0.2) is 8.42 Å². The third kappa shape index (κ3) is 2.56. The molecular formula is C11H14ClN5O3S. The number of aromatic nitrogens is 4. The highest BCUT2D eigenvalue weighted by molar-refractivity contribution is 7.89. The maximum Gasteiger partial charge on any atom is 0.252 e. The first-order valence-electron chi connectivity index (χ1n) is 6.34. The van der Waals surface area contributed by atoms with Gasteiger partial charge in [-0.3, -0.25) is 0 Å². The highest BCUT2D eigenvalue weighted by Gasteiger charge is 2.25. The van der Waals surface area contributed by atoms with Gasteiger partial charge in [0.15, 0.2) is 5.65 Å². The average molecular weight is 332 g/mol. The Hall–Kier alpha value is -1.45. The van der Waals surface area contributed by atoms with Crippen molar-refractivity contribution in [3.05, 3.63) is 11.5 Å². The minimum Gasteiger partial charge on any atom is -0.377 e. The van der Waals surface area contributed by atoms with Crippen LogP contribution in [0.25, 0.3) is 11.0 Å². The van der Waals surface area contributed by atoms with E-state index in [-0.39, 0.29) is 17.0 Å². The maximum atomic E-state index is 11.7. The van der Waals surface area contributed by atoms with Crippen molar-refractivity contribution in [2.75, 3.05) is 30.9 Å². The fraction of sp³-hybridized carbons (Fsp3) is 0.545. The van der Waals surface area contributed by atoms with Gasteiger partial charge < -0.3 is 9.64 Å². The molecule has 0 saturated carbocycles. The van der Waals surface area contributed by atoms with Crippen molar-refractivity contribution < 1.29 is 13.2 Å². The predicted octanol–water partition coefficient (Wildman–Crippen LogP) is 0.512. The molecule has 21 heavy (non-hydrogen) atoms. The van der Waals surface area contributed by atoms with Crippen LogP contribution in [0.3, 0.4) is 0 Å². The molecule has 3 heterocycles. The second kappa shape index (κ2) is 5.08. The fourth-order valence-electron chi connectivity index (χ4n) is 2.35. The average Bonchev–Trinajstić information content (AvgIpc) is 2.82. The number of ether oxygens (including phenoxy) is 1. The predicted molar refractivity (Wildman–Crippen MR) is 78.2 cm³/mol. The topological polar surface area (TPSA) is 90.2 Å². The van der Waals surface area contributed by atoms with Crippen LogP contribution in [0.4, 0.5) is 5.82 Å². The Morgan fingerprint density at radius 2 is 2.19 bits per heavy atom. The lowest BCUT2D eigenvalue weighted by Crippen LogP contribution is -2.44. The van der Waals surface area contributed by atoms with Crippen molar-refractivity contribution in [1.29, 1.82) is 0 Å². The van der Waals surface area contributed by atoms with Crippen molar-refractivity contribution in [2.24, 2.45) is 0 Å². The van der Waals surface area contributed by atoms with Crippen LogP contribution in [0.15, 0.2) is 6.20 Å². The summed E-state index contributed by atoms with van der Waals surface area (Å²) in [6.07, 6.45) is 2.51. The van der Waals surface area contributed by atoms with Crippen LogP contribution in [0.1, 0.15) is 6.92 Å². The Morgan fingerprint density at radius 3 is 2.86 bits per heavy atom. The van der Waals surface area contributed by atoms with Crippen molar-refractivity contribution in [2.45, 2.75) is 13.0 Å². The molecule has 0 aromatic carbocycles. The summed E-state index contributed by atoms with van der Waals surface area (Å²) < 4.78 is 29.7. The molecule has 2 aromatic heterocycles. The van der Waals surface area contributed by atoms with Gasteiger partial charge in [0.1, 0.15) is 5.82 Å². The highest BCUT2D eigenvalue weighted by atomic mass is 35.5. The van der Waals surface area contributed by atoms with Crippen LogP contribution in [-0.2, 0) is 14.8 Å². The Bertz CT molecular complexity index is 790. The number of hydrogen-bond acceptors (Lipinski definition) is 7. The van der Waals surface area contributed by atoms with Gasteiger partial charge in [0.2, 0.25) is 5.28 Å². The van der Waals surface area contributed by atoms with Crippen molar-refractivity contribution in [3.63, 3.8) is 0 Å². The highest BCUT2D eigenvalue weighted by Crippen LogP contribution is 2.28. The van der Waals surface area contributed by atoms with Crippen LogP contribution < -0.4 is 4.90 Å². The summed E-state index contributed by atoms with van der Waals surface area (Å²) in [7, 11) is -3.55. The molecule has 8 nitrogen and oxygen atoms in total. The molecule has 1 unspecified atom stereocenters. The maximum absolute atomic E-state index is 11.7. The van der Waals surface area contributed by atoms with E-state index in [1.165, 1.54) is 6.20 Å². The summed E-state index contributed by atoms with van der Waals surface area (Å²) in [5.41, 5.74) is 0.186. The number of nitrogens with zero attached hydrogens (tertiary/aromatic N) is 5. The van der Waals surface area contributed by atoms with E-state index >= 15 is 0 Å². The Labute approximate surface area is 126 Å². The van der Waals surface area contributed by atoms with Crippen molar-refractivity contribution in [3.8, 4) is 0 Å². The fourth-order valence-corrected chi connectivity index (χ4v) is 3.18. The summed E-state index contributed by atoms with van der Waals surface area (Å²) in [6, 6.07) is 0.106. The lowest BCUT2D eigenvalue weighted by molar-refractivity contribution is 0.0987. The van der Waals surface area contributed by atoms with Gasteiger partial charge in [0.25, 0.3) is 10.0 Å². The van der Waals surface area contributed by atoms with Crippen molar-refractivity contribution >= 4 is 38.5 Å². The summed E-state index contributed by atoms with van der Waals surface area (Å²) in [6.45, 7) is 3.80. The second-order valence-electron chi connectivity index (χ2n) is 4.92. The molecule has 0 amide bonds. The van der Waals surface area contributed by atoms with E-state index in [2.05, 4.69) is 15.1 Å².